The Balaban J connectivity index is 2.20. The molecule has 2 amide bonds. The number of sulfonamides is 1. The first kappa shape index (κ1) is 27.6. The number of carbonyl (C=O) groups excluding carboxylic acids is 2. The molecule has 0 saturated heterocycles. The fourth-order valence-corrected chi connectivity index (χ4v) is 4.79. The molecule has 0 fully saturated rings. The third-order valence-electron chi connectivity index (χ3n) is 5.30. The zero-order chi connectivity index (χ0) is 25.3. The second-order valence-electron chi connectivity index (χ2n) is 7.85. The number of halogens is 2. The maximum absolute atomic E-state index is 13.3. The number of rotatable bonds is 12. The molecule has 2 aromatic rings. The van der Waals surface area contributed by atoms with E-state index in [-0.39, 0.29) is 37.7 Å². The fourth-order valence-electron chi connectivity index (χ4n) is 3.63. The monoisotopic (exact) mass is 511 g/mol. The first-order chi connectivity index (χ1) is 16.1. The van der Waals surface area contributed by atoms with E-state index in [4.69, 9.17) is 11.6 Å². The molecule has 0 heterocycles. The Bertz CT molecular complexity index is 1080. The summed E-state index contributed by atoms with van der Waals surface area (Å²) < 4.78 is 39.0. The fraction of sp³-hybridized carbons (Fsp3) is 0.417. The van der Waals surface area contributed by atoms with Crippen molar-refractivity contribution in [2.45, 2.75) is 45.7 Å². The molecule has 1 atom stereocenters. The van der Waals surface area contributed by atoms with Gasteiger partial charge < -0.3 is 10.2 Å². The van der Waals surface area contributed by atoms with Gasteiger partial charge in [0.1, 0.15) is 11.9 Å². The van der Waals surface area contributed by atoms with Gasteiger partial charge in [0.05, 0.1) is 11.9 Å². The number of benzene rings is 2. The van der Waals surface area contributed by atoms with Gasteiger partial charge in [0.15, 0.2) is 0 Å². The maximum Gasteiger partial charge on any atom is 0.242 e. The number of hydrogen-bond acceptors (Lipinski definition) is 4. The Morgan fingerprint density at radius 3 is 2.29 bits per heavy atom. The summed E-state index contributed by atoms with van der Waals surface area (Å²) in [5.74, 6) is -1.02. The number of nitrogens with one attached hydrogen (secondary N) is 1. The summed E-state index contributed by atoms with van der Waals surface area (Å²) in [6.45, 7) is 4.26. The summed E-state index contributed by atoms with van der Waals surface area (Å²) in [6, 6.07) is 11.6. The normalized spacial score (nSPS) is 12.1. The van der Waals surface area contributed by atoms with Crippen molar-refractivity contribution in [2.75, 3.05) is 23.7 Å². The lowest BCUT2D eigenvalue weighted by Crippen LogP contribution is -2.49. The molecule has 0 aliphatic carbocycles. The molecule has 0 aliphatic rings. The van der Waals surface area contributed by atoms with Crippen LogP contribution in [0.25, 0.3) is 0 Å². The maximum atomic E-state index is 13.3. The number of nitrogens with zero attached hydrogens (tertiary/aromatic N) is 2. The van der Waals surface area contributed by atoms with Crippen molar-refractivity contribution in [3.63, 3.8) is 0 Å². The first-order valence-corrected chi connectivity index (χ1v) is 13.3. The zero-order valence-electron chi connectivity index (χ0n) is 19.6. The largest absolute Gasteiger partial charge is 0.355 e. The van der Waals surface area contributed by atoms with E-state index >= 15 is 0 Å². The topological polar surface area (TPSA) is 86.8 Å². The van der Waals surface area contributed by atoms with Crippen LogP contribution in [0.1, 0.15) is 38.7 Å². The lowest BCUT2D eigenvalue weighted by Gasteiger charge is -2.31. The molecule has 1 N–H and O–H groups in total. The van der Waals surface area contributed by atoms with Crippen molar-refractivity contribution in [1.82, 2.24) is 10.2 Å². The van der Waals surface area contributed by atoms with E-state index in [0.29, 0.717) is 29.2 Å². The molecule has 0 aliphatic heterocycles. The minimum absolute atomic E-state index is 0.0214. The highest BCUT2D eigenvalue weighted by Crippen LogP contribution is 2.22. The SMILES string of the molecule is CCNC(=O)[C@@H](CC)N(Cc1ccccc1Cl)C(=O)CCCN(c1ccc(F)cc1)S(C)(=O)=O. The Morgan fingerprint density at radius 2 is 1.74 bits per heavy atom. The van der Waals surface area contributed by atoms with Crippen molar-refractivity contribution >= 4 is 39.1 Å². The molecular weight excluding hydrogens is 481 g/mol. The standard InChI is InChI=1S/C24H31ClFN3O4S/c1-4-22(24(31)27-5-2)28(17-18-9-6-7-10-21(18)25)23(30)11-8-16-29(34(3,32)33)20-14-12-19(26)13-15-20/h6-7,9-10,12-15,22H,4-5,8,11,16-17H2,1-3H3,(H,27,31)/t22-/m1/s1. The van der Waals surface area contributed by atoms with Gasteiger partial charge >= 0.3 is 0 Å². The minimum Gasteiger partial charge on any atom is -0.355 e. The number of carbonyl (C=O) groups is 2. The van der Waals surface area contributed by atoms with E-state index < -0.39 is 21.9 Å². The molecule has 0 radical (unpaired) electrons. The first-order valence-electron chi connectivity index (χ1n) is 11.1. The predicted molar refractivity (Wildman–Crippen MR) is 133 cm³/mol. The van der Waals surface area contributed by atoms with E-state index in [2.05, 4.69) is 5.32 Å². The predicted octanol–water partition coefficient (Wildman–Crippen LogP) is 3.97. The van der Waals surface area contributed by atoms with Gasteiger partial charge in [-0.1, -0.05) is 36.7 Å². The van der Waals surface area contributed by atoms with Gasteiger partial charge in [-0.2, -0.15) is 0 Å². The molecular formula is C24H31ClFN3O4S. The number of amides is 2. The third-order valence-corrected chi connectivity index (χ3v) is 6.87. The van der Waals surface area contributed by atoms with Crippen molar-refractivity contribution in [3.8, 4) is 0 Å². The minimum atomic E-state index is -3.64. The quantitative estimate of drug-likeness (QED) is 0.467. The van der Waals surface area contributed by atoms with Gasteiger partial charge in [0.2, 0.25) is 21.8 Å². The van der Waals surface area contributed by atoms with Gasteiger partial charge in [0, 0.05) is 31.1 Å². The smallest absolute Gasteiger partial charge is 0.242 e. The van der Waals surface area contributed by atoms with E-state index in [1.165, 1.54) is 29.2 Å². The highest BCUT2D eigenvalue weighted by molar-refractivity contribution is 7.92. The average Bonchev–Trinajstić information content (AvgIpc) is 2.78. The molecule has 186 valence electrons. The van der Waals surface area contributed by atoms with Gasteiger partial charge in [-0.25, -0.2) is 12.8 Å². The van der Waals surface area contributed by atoms with Crippen molar-refractivity contribution in [2.24, 2.45) is 0 Å². The van der Waals surface area contributed by atoms with Crippen molar-refractivity contribution < 1.29 is 22.4 Å². The van der Waals surface area contributed by atoms with Gasteiger partial charge in [0.25, 0.3) is 0 Å². The summed E-state index contributed by atoms with van der Waals surface area (Å²) in [5.41, 5.74) is 1.03. The molecule has 2 rings (SSSR count). The Hall–Kier alpha value is -2.65. The van der Waals surface area contributed by atoms with Crippen LogP contribution in [0.4, 0.5) is 10.1 Å². The summed E-state index contributed by atoms with van der Waals surface area (Å²) in [4.78, 5) is 27.4. The van der Waals surface area contributed by atoms with Crippen LogP contribution in [-0.4, -0.2) is 50.5 Å². The molecule has 0 bridgehead atoms. The van der Waals surface area contributed by atoms with Crippen molar-refractivity contribution in [3.05, 3.63) is 64.9 Å². The van der Waals surface area contributed by atoms with E-state index in [0.717, 1.165) is 10.6 Å². The summed E-state index contributed by atoms with van der Waals surface area (Å²) >= 11 is 6.30. The van der Waals surface area contributed by atoms with Crippen LogP contribution in [0.15, 0.2) is 48.5 Å². The van der Waals surface area contributed by atoms with Gasteiger partial charge in [-0.15, -0.1) is 0 Å². The van der Waals surface area contributed by atoms with Crippen LogP contribution in [0.3, 0.4) is 0 Å². The Kier molecular flexibility index (Phi) is 10.3. The second kappa shape index (κ2) is 12.7. The van der Waals surface area contributed by atoms with Crippen LogP contribution >= 0.6 is 11.6 Å². The number of anilines is 1. The van der Waals surface area contributed by atoms with Crippen LogP contribution in [0, 0.1) is 5.82 Å². The molecule has 2 aromatic carbocycles. The third kappa shape index (κ3) is 7.70. The summed E-state index contributed by atoms with van der Waals surface area (Å²) in [5, 5.41) is 3.26. The van der Waals surface area contributed by atoms with E-state index in [1.807, 2.05) is 13.0 Å². The average molecular weight is 512 g/mol. The van der Waals surface area contributed by atoms with Crippen LogP contribution in [0.5, 0.6) is 0 Å². The van der Waals surface area contributed by atoms with Crippen LogP contribution in [0.2, 0.25) is 5.02 Å². The van der Waals surface area contributed by atoms with Gasteiger partial charge in [-0.3, -0.25) is 13.9 Å². The zero-order valence-corrected chi connectivity index (χ0v) is 21.2. The molecule has 0 aromatic heterocycles. The molecule has 0 spiro atoms. The van der Waals surface area contributed by atoms with Crippen LogP contribution in [-0.2, 0) is 26.2 Å². The molecule has 0 unspecified atom stereocenters. The Morgan fingerprint density at radius 1 is 1.09 bits per heavy atom. The second-order valence-corrected chi connectivity index (χ2v) is 10.2. The van der Waals surface area contributed by atoms with Crippen LogP contribution < -0.4 is 9.62 Å². The summed E-state index contributed by atoms with van der Waals surface area (Å²) in [6.07, 6.45) is 1.71. The lowest BCUT2D eigenvalue weighted by atomic mass is 10.1. The highest BCUT2D eigenvalue weighted by Gasteiger charge is 2.29. The molecule has 34 heavy (non-hydrogen) atoms. The van der Waals surface area contributed by atoms with Gasteiger partial charge in [-0.05, 0) is 55.7 Å². The lowest BCUT2D eigenvalue weighted by molar-refractivity contribution is -0.141. The van der Waals surface area contributed by atoms with E-state index in [9.17, 15) is 22.4 Å². The highest BCUT2D eigenvalue weighted by atomic mass is 35.5. The Labute approximate surface area is 205 Å². The molecule has 7 nitrogen and oxygen atoms in total. The number of hydrogen-bond donors (Lipinski definition) is 1. The van der Waals surface area contributed by atoms with E-state index in [1.54, 1.807) is 25.1 Å². The van der Waals surface area contributed by atoms with Crippen molar-refractivity contribution in [1.29, 1.82) is 0 Å². The molecule has 10 heteroatoms. The number of likely N-dealkylation sites (N-methyl/N-ethyl adjacent to an activating group) is 1. The molecule has 0 saturated carbocycles. The summed E-state index contributed by atoms with van der Waals surface area (Å²) in [7, 11) is -3.64.